The summed E-state index contributed by atoms with van der Waals surface area (Å²) < 4.78 is 10.3. The SMILES string of the molecule is CCN(CC)c1ccc2cc(C(=O)Nc3sccc3C(=O)OC)c(=N)oc2c1. The molecule has 0 unspecified atom stereocenters. The van der Waals surface area contributed by atoms with Crippen molar-refractivity contribution in [3.05, 3.63) is 52.4 Å². The number of fused-ring (bicyclic) bond motifs is 1. The Hall–Kier alpha value is -3.13. The van der Waals surface area contributed by atoms with E-state index in [2.05, 4.69) is 24.1 Å². The van der Waals surface area contributed by atoms with Crippen molar-refractivity contribution in [2.24, 2.45) is 0 Å². The molecule has 1 aromatic carbocycles. The number of carbonyl (C=O) groups excluding carboxylic acids is 2. The number of ether oxygens (including phenoxy) is 1. The molecule has 0 fully saturated rings. The predicted octanol–water partition coefficient (Wildman–Crippen LogP) is 3.86. The van der Waals surface area contributed by atoms with E-state index in [4.69, 9.17) is 14.6 Å². The minimum absolute atomic E-state index is 0.0901. The van der Waals surface area contributed by atoms with Crippen molar-refractivity contribution in [2.45, 2.75) is 13.8 Å². The van der Waals surface area contributed by atoms with Crippen LogP contribution in [0.3, 0.4) is 0 Å². The topological polar surface area (TPSA) is 95.6 Å². The van der Waals surface area contributed by atoms with Gasteiger partial charge in [0.1, 0.15) is 16.1 Å². The van der Waals surface area contributed by atoms with E-state index in [-0.39, 0.29) is 16.7 Å². The Morgan fingerprint density at radius 2 is 1.93 bits per heavy atom. The monoisotopic (exact) mass is 399 g/mol. The molecule has 0 saturated heterocycles. The summed E-state index contributed by atoms with van der Waals surface area (Å²) in [5, 5.41) is 13.6. The summed E-state index contributed by atoms with van der Waals surface area (Å²) >= 11 is 1.21. The average molecular weight is 399 g/mol. The molecular weight excluding hydrogens is 378 g/mol. The maximum atomic E-state index is 12.7. The number of carbonyl (C=O) groups is 2. The van der Waals surface area contributed by atoms with Crippen LogP contribution in [0.1, 0.15) is 34.6 Å². The molecule has 0 radical (unpaired) electrons. The van der Waals surface area contributed by atoms with Gasteiger partial charge in [0.15, 0.2) is 0 Å². The number of nitrogens with one attached hydrogen (secondary N) is 2. The van der Waals surface area contributed by atoms with Gasteiger partial charge in [0.05, 0.1) is 12.7 Å². The molecule has 2 N–H and O–H groups in total. The van der Waals surface area contributed by atoms with Gasteiger partial charge in [-0.05, 0) is 43.5 Å². The van der Waals surface area contributed by atoms with Crippen molar-refractivity contribution in [1.82, 2.24) is 0 Å². The highest BCUT2D eigenvalue weighted by Crippen LogP contribution is 2.25. The number of anilines is 2. The van der Waals surface area contributed by atoms with E-state index in [0.717, 1.165) is 24.2 Å². The lowest BCUT2D eigenvalue weighted by atomic mass is 10.1. The van der Waals surface area contributed by atoms with E-state index in [1.165, 1.54) is 18.4 Å². The summed E-state index contributed by atoms with van der Waals surface area (Å²) in [6, 6.07) is 8.90. The number of hydrogen-bond donors (Lipinski definition) is 2. The van der Waals surface area contributed by atoms with E-state index >= 15 is 0 Å². The lowest BCUT2D eigenvalue weighted by molar-refractivity contribution is 0.0602. The average Bonchev–Trinajstić information content (AvgIpc) is 3.15. The van der Waals surface area contributed by atoms with Crippen LogP contribution in [0, 0.1) is 5.41 Å². The lowest BCUT2D eigenvalue weighted by Gasteiger charge is -2.21. The molecule has 0 spiro atoms. The molecule has 2 aromatic heterocycles. The fraction of sp³-hybridized carbons (Fsp3) is 0.250. The highest BCUT2D eigenvalue weighted by atomic mass is 32.1. The fourth-order valence-electron chi connectivity index (χ4n) is 2.92. The summed E-state index contributed by atoms with van der Waals surface area (Å²) in [4.78, 5) is 26.6. The Labute approximate surface area is 166 Å². The second-order valence-corrected chi connectivity index (χ2v) is 6.91. The second-order valence-electron chi connectivity index (χ2n) is 5.99. The maximum absolute atomic E-state index is 12.7. The van der Waals surface area contributed by atoms with Gasteiger partial charge in [0, 0.05) is 30.2 Å². The summed E-state index contributed by atoms with van der Waals surface area (Å²) in [5.41, 5.74) is 1.66. The largest absolute Gasteiger partial charge is 0.465 e. The number of benzene rings is 1. The standard InChI is InChI=1S/C20H21N3O4S/c1-4-23(5-2)13-7-6-12-10-15(17(21)27-16(12)11-13)18(24)22-19-14(8-9-28-19)20(25)26-3/h6-11,21H,4-5H2,1-3H3,(H,22,24). The van der Waals surface area contributed by atoms with Crippen LogP contribution in [-0.4, -0.2) is 32.1 Å². The second kappa shape index (κ2) is 8.26. The van der Waals surface area contributed by atoms with E-state index in [1.807, 2.05) is 18.2 Å². The fourth-order valence-corrected chi connectivity index (χ4v) is 3.69. The van der Waals surface area contributed by atoms with Crippen LogP contribution >= 0.6 is 11.3 Å². The van der Waals surface area contributed by atoms with Gasteiger partial charge in [0.2, 0.25) is 5.55 Å². The summed E-state index contributed by atoms with van der Waals surface area (Å²) in [6.07, 6.45) is 0. The first-order valence-electron chi connectivity index (χ1n) is 8.83. The van der Waals surface area contributed by atoms with Crippen molar-refractivity contribution in [3.8, 4) is 0 Å². The van der Waals surface area contributed by atoms with E-state index in [1.54, 1.807) is 17.5 Å². The number of amides is 1. The Kier molecular flexibility index (Phi) is 5.79. The van der Waals surface area contributed by atoms with Crippen LogP contribution < -0.4 is 15.8 Å². The third kappa shape index (κ3) is 3.77. The predicted molar refractivity (Wildman–Crippen MR) is 109 cm³/mol. The van der Waals surface area contributed by atoms with Crippen LogP contribution in [0.2, 0.25) is 0 Å². The van der Waals surface area contributed by atoms with Gasteiger partial charge in [-0.3, -0.25) is 10.2 Å². The van der Waals surface area contributed by atoms with Gasteiger partial charge >= 0.3 is 5.97 Å². The zero-order chi connectivity index (χ0) is 20.3. The molecule has 7 nitrogen and oxygen atoms in total. The van der Waals surface area contributed by atoms with Crippen LogP contribution in [0.5, 0.6) is 0 Å². The van der Waals surface area contributed by atoms with Crippen LogP contribution in [-0.2, 0) is 4.74 Å². The van der Waals surface area contributed by atoms with Gasteiger partial charge < -0.3 is 19.4 Å². The van der Waals surface area contributed by atoms with Gasteiger partial charge in [-0.1, -0.05) is 0 Å². The molecule has 0 saturated carbocycles. The minimum Gasteiger partial charge on any atom is -0.465 e. The van der Waals surface area contributed by atoms with Crippen LogP contribution in [0.15, 0.2) is 40.1 Å². The molecule has 0 atom stereocenters. The van der Waals surface area contributed by atoms with E-state index in [9.17, 15) is 9.59 Å². The van der Waals surface area contributed by atoms with E-state index in [0.29, 0.717) is 10.6 Å². The molecule has 28 heavy (non-hydrogen) atoms. The number of esters is 1. The lowest BCUT2D eigenvalue weighted by Crippen LogP contribution is -2.22. The first-order chi connectivity index (χ1) is 13.5. The number of hydrogen-bond acceptors (Lipinski definition) is 7. The van der Waals surface area contributed by atoms with Crippen molar-refractivity contribution < 1.29 is 18.7 Å². The Bertz CT molecular complexity index is 1080. The number of thiophene rings is 1. The summed E-state index contributed by atoms with van der Waals surface area (Å²) in [6.45, 7) is 5.86. The molecule has 0 aliphatic carbocycles. The van der Waals surface area contributed by atoms with Crippen LogP contribution in [0.25, 0.3) is 11.0 Å². The molecule has 3 rings (SSSR count). The number of rotatable bonds is 6. The molecule has 0 aliphatic heterocycles. The molecule has 2 heterocycles. The number of nitrogens with zero attached hydrogens (tertiary/aromatic N) is 1. The molecule has 146 valence electrons. The summed E-state index contributed by atoms with van der Waals surface area (Å²) in [7, 11) is 1.28. The quantitative estimate of drug-likeness (QED) is 0.614. The van der Waals surface area contributed by atoms with Gasteiger partial charge in [-0.2, -0.15) is 0 Å². The molecule has 8 heteroatoms. The third-order valence-corrected chi connectivity index (χ3v) is 5.25. The highest BCUT2D eigenvalue weighted by Gasteiger charge is 2.18. The Balaban J connectivity index is 1.93. The third-order valence-electron chi connectivity index (χ3n) is 4.42. The van der Waals surface area contributed by atoms with Crippen LogP contribution in [0.4, 0.5) is 10.7 Å². The zero-order valence-corrected chi connectivity index (χ0v) is 16.7. The van der Waals surface area contributed by atoms with Gasteiger partial charge in [-0.25, -0.2) is 4.79 Å². The van der Waals surface area contributed by atoms with E-state index < -0.39 is 11.9 Å². The Morgan fingerprint density at radius 1 is 1.18 bits per heavy atom. The van der Waals surface area contributed by atoms with Crippen molar-refractivity contribution in [3.63, 3.8) is 0 Å². The first-order valence-corrected chi connectivity index (χ1v) is 9.71. The highest BCUT2D eigenvalue weighted by molar-refractivity contribution is 7.14. The zero-order valence-electron chi connectivity index (χ0n) is 15.9. The molecule has 0 bridgehead atoms. The smallest absolute Gasteiger partial charge is 0.340 e. The Morgan fingerprint density at radius 3 is 2.61 bits per heavy atom. The molecule has 1 amide bonds. The molecular formula is C20H21N3O4S. The molecule has 3 aromatic rings. The van der Waals surface area contributed by atoms with Crippen molar-refractivity contribution in [2.75, 3.05) is 30.4 Å². The van der Waals surface area contributed by atoms with Crippen molar-refractivity contribution in [1.29, 1.82) is 5.41 Å². The van der Waals surface area contributed by atoms with Crippen molar-refractivity contribution >= 4 is 44.9 Å². The number of methoxy groups -OCH3 is 1. The van der Waals surface area contributed by atoms with Gasteiger partial charge in [-0.15, -0.1) is 11.3 Å². The molecule has 0 aliphatic rings. The maximum Gasteiger partial charge on any atom is 0.340 e. The first kappa shape index (κ1) is 19.6. The van der Waals surface area contributed by atoms with Gasteiger partial charge in [0.25, 0.3) is 5.91 Å². The normalized spacial score (nSPS) is 10.7. The summed E-state index contributed by atoms with van der Waals surface area (Å²) in [5.74, 6) is -1.05. The minimum atomic E-state index is -0.533.